The van der Waals surface area contributed by atoms with E-state index in [1.165, 1.54) is 23.3 Å². The fraction of sp³-hybridized carbons (Fsp3) is 0.588. The molecule has 3 rings (SSSR count). The van der Waals surface area contributed by atoms with Crippen molar-refractivity contribution in [3.63, 3.8) is 0 Å². The Hall–Kier alpha value is -1.89. The van der Waals surface area contributed by atoms with E-state index in [1.807, 2.05) is 11.4 Å². The van der Waals surface area contributed by atoms with Gasteiger partial charge in [-0.05, 0) is 24.3 Å². The standard InChI is InChI=1S/C17H22N2O4S/c1-23-17(22)13-11-18(15(20)12-5-2-3-6-12)8-9-19(13)16(21)14-7-4-10-24-14/h4,7,10,12-13H,2-3,5-6,8-9,11H2,1H3/t13-/m1/s1. The van der Waals surface area contributed by atoms with Gasteiger partial charge in [-0.2, -0.15) is 0 Å². The molecule has 1 aliphatic heterocycles. The number of carbonyl (C=O) groups excluding carboxylic acids is 3. The Bertz CT molecular complexity index is 610. The average molecular weight is 350 g/mol. The van der Waals surface area contributed by atoms with Crippen LogP contribution < -0.4 is 0 Å². The molecule has 0 spiro atoms. The Morgan fingerprint density at radius 1 is 1.21 bits per heavy atom. The smallest absolute Gasteiger partial charge is 0.330 e. The third-order valence-corrected chi connectivity index (χ3v) is 5.72. The predicted octanol–water partition coefficient (Wildman–Crippen LogP) is 1.76. The summed E-state index contributed by atoms with van der Waals surface area (Å²) in [7, 11) is 1.31. The van der Waals surface area contributed by atoms with Crippen molar-refractivity contribution < 1.29 is 19.1 Å². The minimum Gasteiger partial charge on any atom is -0.467 e. The molecule has 1 aromatic rings. The fourth-order valence-electron chi connectivity index (χ4n) is 3.54. The summed E-state index contributed by atoms with van der Waals surface area (Å²) in [5, 5.41) is 1.83. The van der Waals surface area contributed by atoms with E-state index in [9.17, 15) is 14.4 Å². The van der Waals surface area contributed by atoms with Gasteiger partial charge in [-0.3, -0.25) is 9.59 Å². The van der Waals surface area contributed by atoms with Crippen molar-refractivity contribution in [1.82, 2.24) is 9.80 Å². The molecule has 0 aromatic carbocycles. The third-order valence-electron chi connectivity index (χ3n) is 4.86. The van der Waals surface area contributed by atoms with E-state index in [2.05, 4.69) is 0 Å². The van der Waals surface area contributed by atoms with E-state index >= 15 is 0 Å². The van der Waals surface area contributed by atoms with E-state index in [-0.39, 0.29) is 24.3 Å². The quantitative estimate of drug-likeness (QED) is 0.779. The second-order valence-electron chi connectivity index (χ2n) is 6.28. The van der Waals surface area contributed by atoms with E-state index in [0.29, 0.717) is 18.0 Å². The SMILES string of the molecule is COC(=O)[C@H]1CN(C(=O)C2CCCC2)CCN1C(=O)c1cccs1. The number of thiophene rings is 1. The molecule has 24 heavy (non-hydrogen) atoms. The average Bonchev–Trinajstić information content (AvgIpc) is 3.32. The molecule has 0 unspecified atom stereocenters. The van der Waals surface area contributed by atoms with Crippen LogP contribution in [0.4, 0.5) is 0 Å². The van der Waals surface area contributed by atoms with Crippen molar-refractivity contribution in [1.29, 1.82) is 0 Å². The molecule has 2 aliphatic rings. The Morgan fingerprint density at radius 2 is 1.96 bits per heavy atom. The van der Waals surface area contributed by atoms with Gasteiger partial charge in [0.25, 0.3) is 5.91 Å². The van der Waals surface area contributed by atoms with Crippen molar-refractivity contribution in [3.8, 4) is 0 Å². The van der Waals surface area contributed by atoms with Gasteiger partial charge in [-0.15, -0.1) is 11.3 Å². The summed E-state index contributed by atoms with van der Waals surface area (Å²) in [4.78, 5) is 41.3. The summed E-state index contributed by atoms with van der Waals surface area (Å²) in [6.07, 6.45) is 4.04. The third kappa shape index (κ3) is 3.31. The number of ether oxygens (including phenoxy) is 1. The minimum atomic E-state index is -0.733. The number of hydrogen-bond acceptors (Lipinski definition) is 5. The van der Waals surface area contributed by atoms with Gasteiger partial charge >= 0.3 is 5.97 Å². The first-order chi connectivity index (χ1) is 11.6. The van der Waals surface area contributed by atoms with E-state index in [4.69, 9.17) is 4.74 Å². The Labute approximate surface area is 145 Å². The molecule has 2 amide bonds. The van der Waals surface area contributed by atoms with Crippen LogP contribution in [0.1, 0.15) is 35.4 Å². The lowest BCUT2D eigenvalue weighted by molar-refractivity contribution is -0.151. The minimum absolute atomic E-state index is 0.0721. The van der Waals surface area contributed by atoms with Gasteiger partial charge in [0, 0.05) is 19.0 Å². The highest BCUT2D eigenvalue weighted by Crippen LogP contribution is 2.28. The highest BCUT2D eigenvalue weighted by atomic mass is 32.1. The maximum Gasteiger partial charge on any atom is 0.330 e. The van der Waals surface area contributed by atoms with Crippen molar-refractivity contribution in [2.45, 2.75) is 31.7 Å². The molecule has 1 saturated carbocycles. The molecule has 1 aromatic heterocycles. The normalized spacial score (nSPS) is 21.8. The molecule has 1 atom stereocenters. The first-order valence-corrected chi connectivity index (χ1v) is 9.21. The van der Waals surface area contributed by atoms with Gasteiger partial charge in [0.05, 0.1) is 18.5 Å². The molecule has 1 aliphatic carbocycles. The predicted molar refractivity (Wildman–Crippen MR) is 89.7 cm³/mol. The lowest BCUT2D eigenvalue weighted by atomic mass is 10.0. The number of piperazine rings is 1. The van der Waals surface area contributed by atoms with Gasteiger partial charge in [0.1, 0.15) is 6.04 Å². The van der Waals surface area contributed by atoms with Gasteiger partial charge in [0.15, 0.2) is 0 Å². The number of carbonyl (C=O) groups is 3. The molecule has 7 heteroatoms. The largest absolute Gasteiger partial charge is 0.467 e. The van der Waals surface area contributed by atoms with Gasteiger partial charge < -0.3 is 14.5 Å². The molecule has 2 heterocycles. The number of amides is 2. The molecule has 6 nitrogen and oxygen atoms in total. The zero-order valence-electron chi connectivity index (χ0n) is 13.8. The number of nitrogens with zero attached hydrogens (tertiary/aromatic N) is 2. The van der Waals surface area contributed by atoms with Crippen LogP contribution in [0.15, 0.2) is 17.5 Å². The number of hydrogen-bond donors (Lipinski definition) is 0. The molecule has 0 N–H and O–H groups in total. The molecule has 1 saturated heterocycles. The first-order valence-electron chi connectivity index (χ1n) is 8.33. The summed E-state index contributed by atoms with van der Waals surface area (Å²) in [5.41, 5.74) is 0. The highest BCUT2D eigenvalue weighted by molar-refractivity contribution is 7.12. The topological polar surface area (TPSA) is 66.9 Å². The highest BCUT2D eigenvalue weighted by Gasteiger charge is 2.39. The van der Waals surface area contributed by atoms with Crippen LogP contribution in [-0.4, -0.2) is 60.4 Å². The van der Waals surface area contributed by atoms with Crippen LogP contribution in [0, 0.1) is 5.92 Å². The zero-order valence-corrected chi connectivity index (χ0v) is 14.6. The van der Waals surface area contributed by atoms with Crippen molar-refractivity contribution >= 4 is 29.1 Å². The monoisotopic (exact) mass is 350 g/mol. The van der Waals surface area contributed by atoms with E-state index < -0.39 is 12.0 Å². The van der Waals surface area contributed by atoms with Crippen molar-refractivity contribution in [2.24, 2.45) is 5.92 Å². The Kier molecular flexibility index (Phi) is 5.18. The first kappa shape index (κ1) is 17.0. The maximum absolute atomic E-state index is 12.6. The summed E-state index contributed by atoms with van der Waals surface area (Å²) < 4.78 is 4.87. The van der Waals surface area contributed by atoms with Crippen LogP contribution in [0.2, 0.25) is 0 Å². The fourth-order valence-corrected chi connectivity index (χ4v) is 4.22. The summed E-state index contributed by atoms with van der Waals surface area (Å²) in [6.45, 7) is 1.05. The van der Waals surface area contributed by atoms with E-state index in [0.717, 1.165) is 25.7 Å². The van der Waals surface area contributed by atoms with Gasteiger partial charge in [-0.25, -0.2) is 4.79 Å². The second-order valence-corrected chi connectivity index (χ2v) is 7.23. The number of esters is 1. The summed E-state index contributed by atoms with van der Waals surface area (Å²) in [5.74, 6) is -0.454. The molecular weight excluding hydrogens is 328 g/mol. The molecule has 0 bridgehead atoms. The van der Waals surface area contributed by atoms with Crippen LogP contribution in [-0.2, 0) is 14.3 Å². The van der Waals surface area contributed by atoms with Gasteiger partial charge in [-0.1, -0.05) is 18.9 Å². The van der Waals surface area contributed by atoms with E-state index in [1.54, 1.807) is 11.0 Å². The van der Waals surface area contributed by atoms with Gasteiger partial charge in [0.2, 0.25) is 5.91 Å². The molecule has 0 radical (unpaired) electrons. The summed E-state index contributed by atoms with van der Waals surface area (Å²) >= 11 is 1.35. The number of rotatable bonds is 3. The van der Waals surface area contributed by atoms with Crippen molar-refractivity contribution in [3.05, 3.63) is 22.4 Å². The van der Waals surface area contributed by atoms with Crippen LogP contribution in [0.5, 0.6) is 0 Å². The Balaban J connectivity index is 1.74. The van der Waals surface area contributed by atoms with Crippen molar-refractivity contribution in [2.75, 3.05) is 26.7 Å². The van der Waals surface area contributed by atoms with Crippen LogP contribution >= 0.6 is 11.3 Å². The molecular formula is C17H22N2O4S. The number of methoxy groups -OCH3 is 1. The van der Waals surface area contributed by atoms with Crippen LogP contribution in [0.25, 0.3) is 0 Å². The zero-order chi connectivity index (χ0) is 17.1. The summed E-state index contributed by atoms with van der Waals surface area (Å²) in [6, 6.07) is 2.83. The van der Waals surface area contributed by atoms with Crippen LogP contribution in [0.3, 0.4) is 0 Å². The Morgan fingerprint density at radius 3 is 2.58 bits per heavy atom. The lowest BCUT2D eigenvalue weighted by Gasteiger charge is -2.40. The maximum atomic E-state index is 12.6. The molecule has 2 fully saturated rings. The molecule has 130 valence electrons. The second kappa shape index (κ2) is 7.34. The lowest BCUT2D eigenvalue weighted by Crippen LogP contribution is -2.60.